The molecule has 1 unspecified atom stereocenters. The average Bonchev–Trinajstić information content (AvgIpc) is 2.58. The Morgan fingerprint density at radius 1 is 1.40 bits per heavy atom. The molecule has 2 nitrogen and oxygen atoms in total. The van der Waals surface area contributed by atoms with Crippen molar-refractivity contribution in [2.24, 2.45) is 0 Å². The molecule has 3 heteroatoms. The highest BCUT2D eigenvalue weighted by Crippen LogP contribution is 2.32. The first kappa shape index (κ1) is 10.6. The van der Waals surface area contributed by atoms with Crippen LogP contribution in [0.2, 0.25) is 0 Å². The number of carbonyl (C=O) groups is 1. The maximum absolute atomic E-state index is 11.0. The molecule has 1 heterocycles. The van der Waals surface area contributed by atoms with Crippen molar-refractivity contribution in [1.82, 2.24) is 0 Å². The third kappa shape index (κ3) is 2.75. The van der Waals surface area contributed by atoms with E-state index < -0.39 is 0 Å². The molecule has 1 fully saturated rings. The number of hydrogen-bond acceptors (Lipinski definition) is 3. The lowest BCUT2D eigenvalue weighted by atomic mass is 10.1. The van der Waals surface area contributed by atoms with Crippen molar-refractivity contribution in [1.29, 1.82) is 0 Å². The molecule has 2 rings (SSSR count). The monoisotopic (exact) mass is 222 g/mol. The first-order valence-corrected chi connectivity index (χ1v) is 6.06. The largest absolute Gasteiger partial charge is 0.458 e. The van der Waals surface area contributed by atoms with E-state index in [1.54, 1.807) is 11.8 Å². The normalized spacial score (nSPS) is 25.3. The number of rotatable bonds is 3. The Morgan fingerprint density at radius 2 is 2.13 bits per heavy atom. The molecule has 0 spiro atoms. The van der Waals surface area contributed by atoms with Gasteiger partial charge in [-0.1, -0.05) is 18.2 Å². The summed E-state index contributed by atoms with van der Waals surface area (Å²) in [5.74, 6) is 0.772. The summed E-state index contributed by atoms with van der Waals surface area (Å²) in [6, 6.07) is 10.2. The standard InChI is InChI=1S/C12H14O2S/c1-12(8-7-11(13)14-12)9-15-10-5-3-2-4-6-10/h2-6H,7-9H2,1H3. The molecular weight excluding hydrogens is 208 g/mol. The SMILES string of the molecule is CC1(CSc2ccccc2)CCC(=O)O1. The zero-order valence-electron chi connectivity index (χ0n) is 8.73. The highest BCUT2D eigenvalue weighted by atomic mass is 32.2. The molecule has 1 aliphatic rings. The molecule has 1 saturated heterocycles. The molecule has 15 heavy (non-hydrogen) atoms. The summed E-state index contributed by atoms with van der Waals surface area (Å²) in [7, 11) is 0. The van der Waals surface area contributed by atoms with Gasteiger partial charge >= 0.3 is 5.97 Å². The van der Waals surface area contributed by atoms with E-state index in [0.29, 0.717) is 6.42 Å². The Morgan fingerprint density at radius 3 is 2.73 bits per heavy atom. The van der Waals surface area contributed by atoms with Crippen molar-refractivity contribution in [2.75, 3.05) is 5.75 Å². The fraction of sp³-hybridized carbons (Fsp3) is 0.417. The van der Waals surface area contributed by atoms with Gasteiger partial charge in [-0.2, -0.15) is 0 Å². The van der Waals surface area contributed by atoms with Gasteiger partial charge in [-0.25, -0.2) is 0 Å². The summed E-state index contributed by atoms with van der Waals surface area (Å²) in [4.78, 5) is 12.3. The number of carbonyl (C=O) groups excluding carboxylic acids is 1. The molecule has 0 amide bonds. The molecule has 80 valence electrons. The second kappa shape index (κ2) is 4.27. The highest BCUT2D eigenvalue weighted by Gasteiger charge is 2.35. The van der Waals surface area contributed by atoms with Crippen molar-refractivity contribution in [3.05, 3.63) is 30.3 Å². The lowest BCUT2D eigenvalue weighted by molar-refractivity contribution is -0.145. The molecule has 1 aromatic rings. The van der Waals surface area contributed by atoms with Crippen LogP contribution in [0.3, 0.4) is 0 Å². The van der Waals surface area contributed by atoms with Gasteiger partial charge in [0.1, 0.15) is 5.60 Å². The maximum atomic E-state index is 11.0. The minimum atomic E-state index is -0.266. The van der Waals surface area contributed by atoms with E-state index >= 15 is 0 Å². The second-order valence-corrected chi connectivity index (χ2v) is 5.07. The number of ether oxygens (including phenoxy) is 1. The Bertz CT molecular complexity index is 350. The van der Waals surface area contributed by atoms with Gasteiger partial charge in [-0.15, -0.1) is 11.8 Å². The molecule has 1 aromatic carbocycles. The zero-order valence-corrected chi connectivity index (χ0v) is 9.55. The van der Waals surface area contributed by atoms with E-state index in [1.807, 2.05) is 25.1 Å². The zero-order chi connectivity index (χ0) is 10.7. The summed E-state index contributed by atoms with van der Waals surface area (Å²) >= 11 is 1.74. The van der Waals surface area contributed by atoms with Gasteiger partial charge in [-0.3, -0.25) is 4.79 Å². The van der Waals surface area contributed by atoms with E-state index in [9.17, 15) is 4.79 Å². The number of benzene rings is 1. The van der Waals surface area contributed by atoms with Crippen LogP contribution in [0.15, 0.2) is 35.2 Å². The van der Waals surface area contributed by atoms with Crippen LogP contribution in [-0.4, -0.2) is 17.3 Å². The number of hydrogen-bond donors (Lipinski definition) is 0. The van der Waals surface area contributed by atoms with Crippen molar-refractivity contribution < 1.29 is 9.53 Å². The highest BCUT2D eigenvalue weighted by molar-refractivity contribution is 7.99. The summed E-state index contributed by atoms with van der Waals surface area (Å²) in [6.07, 6.45) is 1.40. The molecule has 0 bridgehead atoms. The number of thioether (sulfide) groups is 1. The second-order valence-electron chi connectivity index (χ2n) is 4.03. The lowest BCUT2D eigenvalue weighted by Gasteiger charge is -2.21. The fourth-order valence-corrected chi connectivity index (χ4v) is 2.62. The summed E-state index contributed by atoms with van der Waals surface area (Å²) in [5.41, 5.74) is -0.266. The summed E-state index contributed by atoms with van der Waals surface area (Å²) in [5, 5.41) is 0. The predicted molar refractivity (Wildman–Crippen MR) is 60.9 cm³/mol. The average molecular weight is 222 g/mol. The minimum Gasteiger partial charge on any atom is -0.458 e. The van der Waals surface area contributed by atoms with E-state index in [-0.39, 0.29) is 11.6 Å². The molecule has 0 aliphatic carbocycles. The topological polar surface area (TPSA) is 26.3 Å². The third-order valence-corrected chi connectivity index (χ3v) is 3.87. The van der Waals surface area contributed by atoms with Crippen LogP contribution in [-0.2, 0) is 9.53 Å². The summed E-state index contributed by atoms with van der Waals surface area (Å²) < 4.78 is 5.31. The Hall–Kier alpha value is -0.960. The fourth-order valence-electron chi connectivity index (χ4n) is 1.60. The van der Waals surface area contributed by atoms with Crippen LogP contribution in [0.25, 0.3) is 0 Å². The Labute approximate surface area is 94.0 Å². The van der Waals surface area contributed by atoms with Crippen LogP contribution in [0.4, 0.5) is 0 Å². The van der Waals surface area contributed by atoms with Crippen molar-refractivity contribution in [2.45, 2.75) is 30.3 Å². The predicted octanol–water partition coefficient (Wildman–Crippen LogP) is 2.87. The van der Waals surface area contributed by atoms with Crippen molar-refractivity contribution in [3.8, 4) is 0 Å². The molecule has 1 atom stereocenters. The first-order chi connectivity index (χ1) is 7.18. The van der Waals surface area contributed by atoms with E-state index in [2.05, 4.69) is 12.1 Å². The lowest BCUT2D eigenvalue weighted by Crippen LogP contribution is -2.26. The molecule has 0 N–H and O–H groups in total. The first-order valence-electron chi connectivity index (χ1n) is 5.08. The van der Waals surface area contributed by atoms with Crippen LogP contribution in [0.5, 0.6) is 0 Å². The minimum absolute atomic E-state index is 0.0637. The van der Waals surface area contributed by atoms with Crippen molar-refractivity contribution >= 4 is 17.7 Å². The number of cyclic esters (lactones) is 1. The quantitative estimate of drug-likeness (QED) is 0.581. The third-order valence-electron chi connectivity index (χ3n) is 2.51. The van der Waals surface area contributed by atoms with Gasteiger partial charge in [0, 0.05) is 17.1 Å². The Balaban J connectivity index is 1.91. The summed E-state index contributed by atoms with van der Waals surface area (Å²) in [6.45, 7) is 2.01. The molecule has 0 saturated carbocycles. The van der Waals surface area contributed by atoms with Crippen LogP contribution >= 0.6 is 11.8 Å². The van der Waals surface area contributed by atoms with Gasteiger partial charge < -0.3 is 4.74 Å². The van der Waals surface area contributed by atoms with Crippen LogP contribution in [0.1, 0.15) is 19.8 Å². The van der Waals surface area contributed by atoms with E-state index in [0.717, 1.165) is 12.2 Å². The van der Waals surface area contributed by atoms with Gasteiger partial charge in [-0.05, 0) is 25.5 Å². The molecule has 0 radical (unpaired) electrons. The van der Waals surface area contributed by atoms with Gasteiger partial charge in [0.2, 0.25) is 0 Å². The van der Waals surface area contributed by atoms with Gasteiger partial charge in [0.05, 0.1) is 0 Å². The maximum Gasteiger partial charge on any atom is 0.306 e. The molecular formula is C12H14O2S. The van der Waals surface area contributed by atoms with E-state index in [4.69, 9.17) is 4.74 Å². The Kier molecular flexibility index (Phi) is 3.00. The van der Waals surface area contributed by atoms with Crippen LogP contribution in [0, 0.1) is 0 Å². The van der Waals surface area contributed by atoms with E-state index in [1.165, 1.54) is 4.90 Å². The van der Waals surface area contributed by atoms with Crippen LogP contribution < -0.4 is 0 Å². The smallest absolute Gasteiger partial charge is 0.306 e. The van der Waals surface area contributed by atoms with Crippen molar-refractivity contribution in [3.63, 3.8) is 0 Å². The molecule has 1 aliphatic heterocycles. The molecule has 0 aromatic heterocycles. The number of esters is 1. The van der Waals surface area contributed by atoms with Gasteiger partial charge in [0.15, 0.2) is 0 Å². The van der Waals surface area contributed by atoms with Gasteiger partial charge in [0.25, 0.3) is 0 Å².